The summed E-state index contributed by atoms with van der Waals surface area (Å²) in [6.45, 7) is 1.85. The maximum absolute atomic E-state index is 11.6. The van der Waals surface area contributed by atoms with Gasteiger partial charge in [0.2, 0.25) is 0 Å². The highest BCUT2D eigenvalue weighted by Gasteiger charge is 2.14. The van der Waals surface area contributed by atoms with Gasteiger partial charge in [0.05, 0.1) is 12.1 Å². The van der Waals surface area contributed by atoms with Crippen LogP contribution in [0.1, 0.15) is 22.5 Å². The highest BCUT2D eigenvalue weighted by atomic mass is 35.5. The molecule has 0 atom stereocenters. The van der Waals surface area contributed by atoms with Gasteiger partial charge >= 0.3 is 5.97 Å². The number of carbonyl (C=O) groups excluding carboxylic acids is 1. The van der Waals surface area contributed by atoms with Crippen molar-refractivity contribution in [1.29, 1.82) is 0 Å². The Hall–Kier alpha value is -1.78. The summed E-state index contributed by atoms with van der Waals surface area (Å²) in [4.78, 5) is 14.6. The second-order valence-corrected chi connectivity index (χ2v) is 5.20. The first-order valence-electron chi connectivity index (χ1n) is 6.50. The Morgan fingerprint density at radius 3 is 2.90 bits per heavy atom. The minimum absolute atomic E-state index is 0.391. The Morgan fingerprint density at radius 1 is 1.35 bits per heavy atom. The number of rotatable bonds is 2. The molecule has 1 aliphatic heterocycles. The third-order valence-corrected chi connectivity index (χ3v) is 3.80. The van der Waals surface area contributed by atoms with Gasteiger partial charge in [-0.1, -0.05) is 17.7 Å². The third kappa shape index (κ3) is 2.32. The van der Waals surface area contributed by atoms with Crippen LogP contribution >= 0.6 is 11.6 Å². The SMILES string of the molecule is COC(=O)c1cc2c(Cl)cc(C3=CCCNC3)cc2[nH]1. The predicted octanol–water partition coefficient (Wildman–Crippen LogP) is 2.98. The molecule has 0 saturated heterocycles. The Labute approximate surface area is 121 Å². The number of aromatic amines is 1. The molecule has 0 unspecified atom stereocenters. The molecule has 1 aromatic carbocycles. The Bertz CT molecular complexity index is 703. The van der Waals surface area contributed by atoms with Gasteiger partial charge < -0.3 is 15.0 Å². The molecule has 1 aromatic heterocycles. The summed E-state index contributed by atoms with van der Waals surface area (Å²) < 4.78 is 4.72. The monoisotopic (exact) mass is 290 g/mol. The van der Waals surface area contributed by atoms with Gasteiger partial charge in [0.25, 0.3) is 0 Å². The molecule has 0 fully saturated rings. The largest absolute Gasteiger partial charge is 0.464 e. The highest BCUT2D eigenvalue weighted by molar-refractivity contribution is 6.35. The molecule has 0 spiro atoms. The first-order chi connectivity index (χ1) is 9.69. The van der Waals surface area contributed by atoms with E-state index < -0.39 is 5.97 Å². The maximum Gasteiger partial charge on any atom is 0.354 e. The zero-order chi connectivity index (χ0) is 14.1. The number of hydrogen-bond acceptors (Lipinski definition) is 3. The average Bonchev–Trinajstić information content (AvgIpc) is 2.92. The molecule has 20 heavy (non-hydrogen) atoms. The predicted molar refractivity (Wildman–Crippen MR) is 80.1 cm³/mol. The summed E-state index contributed by atoms with van der Waals surface area (Å²) in [5, 5.41) is 4.81. The van der Waals surface area contributed by atoms with Crippen LogP contribution in [0.15, 0.2) is 24.3 Å². The first kappa shape index (κ1) is 13.2. The lowest BCUT2D eigenvalue weighted by Crippen LogP contribution is -2.21. The van der Waals surface area contributed by atoms with Crippen molar-refractivity contribution in [2.75, 3.05) is 20.2 Å². The maximum atomic E-state index is 11.6. The summed E-state index contributed by atoms with van der Waals surface area (Å²) in [7, 11) is 1.36. The van der Waals surface area contributed by atoms with Gasteiger partial charge in [-0.05, 0) is 42.3 Å². The fourth-order valence-electron chi connectivity index (χ4n) is 2.46. The molecule has 104 valence electrons. The second kappa shape index (κ2) is 5.31. The number of aromatic nitrogens is 1. The van der Waals surface area contributed by atoms with E-state index in [0.717, 1.165) is 36.0 Å². The van der Waals surface area contributed by atoms with Crippen LogP contribution in [-0.2, 0) is 4.74 Å². The Morgan fingerprint density at radius 2 is 2.20 bits per heavy atom. The van der Waals surface area contributed by atoms with Crippen LogP contribution in [0.4, 0.5) is 0 Å². The highest BCUT2D eigenvalue weighted by Crippen LogP contribution is 2.30. The van der Waals surface area contributed by atoms with E-state index in [1.54, 1.807) is 6.07 Å². The minimum atomic E-state index is -0.391. The quantitative estimate of drug-likeness (QED) is 0.836. The molecule has 0 radical (unpaired) electrons. The third-order valence-electron chi connectivity index (χ3n) is 3.49. The standard InChI is InChI=1S/C15H15ClN2O2/c1-20-15(19)14-7-11-12(16)5-10(6-13(11)18-14)9-3-2-4-17-8-9/h3,5-7,17-18H,2,4,8H2,1H3. The molecule has 2 heterocycles. The van der Waals surface area contributed by atoms with Crippen LogP contribution in [0.2, 0.25) is 5.02 Å². The molecule has 1 aliphatic rings. The van der Waals surface area contributed by atoms with E-state index in [-0.39, 0.29) is 0 Å². The number of halogens is 1. The number of hydrogen-bond donors (Lipinski definition) is 2. The van der Waals surface area contributed by atoms with Gasteiger partial charge in [-0.2, -0.15) is 0 Å². The molecule has 4 nitrogen and oxygen atoms in total. The van der Waals surface area contributed by atoms with Crippen molar-refractivity contribution < 1.29 is 9.53 Å². The molecule has 2 N–H and O–H groups in total. The molecule has 2 aromatic rings. The van der Waals surface area contributed by atoms with E-state index in [1.165, 1.54) is 12.7 Å². The van der Waals surface area contributed by atoms with Gasteiger partial charge in [-0.3, -0.25) is 0 Å². The van der Waals surface area contributed by atoms with Crippen LogP contribution in [0.5, 0.6) is 0 Å². The summed E-state index contributed by atoms with van der Waals surface area (Å²) in [5.41, 5.74) is 3.57. The van der Waals surface area contributed by atoms with E-state index in [4.69, 9.17) is 16.3 Å². The molecular formula is C15H15ClN2O2. The lowest BCUT2D eigenvalue weighted by molar-refractivity contribution is 0.0595. The van der Waals surface area contributed by atoms with E-state index >= 15 is 0 Å². The summed E-state index contributed by atoms with van der Waals surface area (Å²) in [6.07, 6.45) is 3.24. The van der Waals surface area contributed by atoms with Gasteiger partial charge in [0, 0.05) is 17.4 Å². The number of methoxy groups -OCH3 is 1. The lowest BCUT2D eigenvalue weighted by Gasteiger charge is -2.14. The zero-order valence-corrected chi connectivity index (χ0v) is 11.9. The van der Waals surface area contributed by atoms with Crippen molar-refractivity contribution in [2.45, 2.75) is 6.42 Å². The second-order valence-electron chi connectivity index (χ2n) is 4.79. The van der Waals surface area contributed by atoms with Crippen molar-refractivity contribution in [3.8, 4) is 0 Å². The smallest absolute Gasteiger partial charge is 0.354 e. The van der Waals surface area contributed by atoms with Crippen LogP contribution in [0, 0.1) is 0 Å². The Kier molecular flexibility index (Phi) is 3.51. The van der Waals surface area contributed by atoms with Gasteiger partial charge in [0.1, 0.15) is 5.69 Å². The number of H-pyrrole nitrogens is 1. The van der Waals surface area contributed by atoms with Crippen molar-refractivity contribution in [3.63, 3.8) is 0 Å². The van der Waals surface area contributed by atoms with E-state index in [9.17, 15) is 4.79 Å². The fraction of sp³-hybridized carbons (Fsp3) is 0.267. The summed E-state index contributed by atoms with van der Waals surface area (Å²) >= 11 is 6.32. The number of ether oxygens (including phenoxy) is 1. The molecule has 5 heteroatoms. The van der Waals surface area contributed by atoms with Crippen LogP contribution in [0.25, 0.3) is 16.5 Å². The number of esters is 1. The van der Waals surface area contributed by atoms with E-state index in [0.29, 0.717) is 10.7 Å². The number of nitrogens with one attached hydrogen (secondary N) is 2. The van der Waals surface area contributed by atoms with Gasteiger partial charge in [-0.25, -0.2) is 4.79 Å². The van der Waals surface area contributed by atoms with Crippen LogP contribution in [0.3, 0.4) is 0 Å². The number of benzene rings is 1. The molecule has 0 bridgehead atoms. The topological polar surface area (TPSA) is 54.1 Å². The molecule has 0 aliphatic carbocycles. The lowest BCUT2D eigenvalue weighted by atomic mass is 10.0. The van der Waals surface area contributed by atoms with Crippen LogP contribution in [-0.4, -0.2) is 31.2 Å². The number of fused-ring (bicyclic) bond motifs is 1. The van der Waals surface area contributed by atoms with E-state index in [1.807, 2.05) is 12.1 Å². The average molecular weight is 291 g/mol. The Balaban J connectivity index is 2.09. The molecule has 0 amide bonds. The van der Waals surface area contributed by atoms with Gasteiger partial charge in [-0.15, -0.1) is 0 Å². The zero-order valence-electron chi connectivity index (χ0n) is 11.1. The van der Waals surface area contributed by atoms with Crippen molar-refractivity contribution in [1.82, 2.24) is 10.3 Å². The van der Waals surface area contributed by atoms with E-state index in [2.05, 4.69) is 16.4 Å². The normalized spacial score (nSPS) is 15.2. The summed E-state index contributed by atoms with van der Waals surface area (Å²) in [6, 6.07) is 5.69. The van der Waals surface area contributed by atoms with Crippen molar-refractivity contribution >= 4 is 34.0 Å². The molecule has 3 rings (SSSR count). The summed E-state index contributed by atoms with van der Waals surface area (Å²) in [5.74, 6) is -0.391. The van der Waals surface area contributed by atoms with Crippen LogP contribution < -0.4 is 5.32 Å². The molecule has 0 saturated carbocycles. The minimum Gasteiger partial charge on any atom is -0.464 e. The molecular weight excluding hydrogens is 276 g/mol. The first-order valence-corrected chi connectivity index (χ1v) is 6.87. The van der Waals surface area contributed by atoms with Crippen molar-refractivity contribution in [2.24, 2.45) is 0 Å². The number of carbonyl (C=O) groups is 1. The van der Waals surface area contributed by atoms with Crippen molar-refractivity contribution in [3.05, 3.63) is 40.6 Å². The van der Waals surface area contributed by atoms with Gasteiger partial charge in [0.15, 0.2) is 0 Å². The fourth-order valence-corrected chi connectivity index (χ4v) is 2.74.